The molecular formula is C17H32N2. The second-order valence-corrected chi connectivity index (χ2v) is 7.82. The quantitative estimate of drug-likeness (QED) is 0.818. The minimum absolute atomic E-state index is 0.582. The second kappa shape index (κ2) is 5.73. The van der Waals surface area contributed by atoms with Gasteiger partial charge in [-0.15, -0.1) is 0 Å². The van der Waals surface area contributed by atoms with Crippen LogP contribution in [0.4, 0.5) is 0 Å². The Balaban J connectivity index is 1.63. The van der Waals surface area contributed by atoms with Crippen LogP contribution in [0.25, 0.3) is 0 Å². The smallest absolute Gasteiger partial charge is 0.00684 e. The zero-order chi connectivity index (χ0) is 13.3. The molecule has 0 aromatic carbocycles. The van der Waals surface area contributed by atoms with Crippen molar-refractivity contribution in [1.29, 1.82) is 0 Å². The minimum atomic E-state index is 0.582. The molecule has 1 heterocycles. The van der Waals surface area contributed by atoms with Gasteiger partial charge in [0.05, 0.1) is 0 Å². The van der Waals surface area contributed by atoms with E-state index in [-0.39, 0.29) is 0 Å². The van der Waals surface area contributed by atoms with Crippen LogP contribution in [0.5, 0.6) is 0 Å². The molecule has 2 saturated carbocycles. The summed E-state index contributed by atoms with van der Waals surface area (Å²) in [6, 6.07) is 1.69. The van der Waals surface area contributed by atoms with Gasteiger partial charge < -0.3 is 10.2 Å². The molecule has 19 heavy (non-hydrogen) atoms. The van der Waals surface area contributed by atoms with Crippen LogP contribution in [-0.2, 0) is 0 Å². The standard InChI is InChI=1S/C17H32N2/c1-14-5-3-9-17(11-14,12-18-16-7-8-16)13-19-10-4-6-15(19)2/h14-16,18H,3-13H2,1-2H3. The van der Waals surface area contributed by atoms with Crippen LogP contribution >= 0.6 is 0 Å². The molecule has 0 aromatic heterocycles. The predicted octanol–water partition coefficient (Wildman–Crippen LogP) is 3.42. The maximum absolute atomic E-state index is 3.85. The summed E-state index contributed by atoms with van der Waals surface area (Å²) < 4.78 is 0. The summed E-state index contributed by atoms with van der Waals surface area (Å²) in [4.78, 5) is 2.78. The van der Waals surface area contributed by atoms with Crippen molar-refractivity contribution in [3.63, 3.8) is 0 Å². The first-order valence-electron chi connectivity index (χ1n) is 8.64. The van der Waals surface area contributed by atoms with E-state index in [9.17, 15) is 0 Å². The maximum atomic E-state index is 3.85. The summed E-state index contributed by atoms with van der Waals surface area (Å²) in [6.45, 7) is 8.89. The van der Waals surface area contributed by atoms with Gasteiger partial charge in [-0.25, -0.2) is 0 Å². The summed E-state index contributed by atoms with van der Waals surface area (Å²) in [5.41, 5.74) is 0.582. The number of likely N-dealkylation sites (tertiary alicyclic amines) is 1. The fraction of sp³-hybridized carbons (Fsp3) is 1.00. The summed E-state index contributed by atoms with van der Waals surface area (Å²) in [5, 5.41) is 3.85. The van der Waals surface area contributed by atoms with Crippen LogP contribution in [0.15, 0.2) is 0 Å². The Labute approximate surface area is 119 Å². The summed E-state index contributed by atoms with van der Waals surface area (Å²) in [7, 11) is 0. The van der Waals surface area contributed by atoms with Crippen LogP contribution in [0.3, 0.4) is 0 Å². The summed E-state index contributed by atoms with van der Waals surface area (Å²) in [6.07, 6.45) is 11.5. The van der Waals surface area contributed by atoms with Crippen molar-refractivity contribution in [3.8, 4) is 0 Å². The Morgan fingerprint density at radius 2 is 1.95 bits per heavy atom. The van der Waals surface area contributed by atoms with Crippen molar-refractivity contribution >= 4 is 0 Å². The summed E-state index contributed by atoms with van der Waals surface area (Å²) >= 11 is 0. The lowest BCUT2D eigenvalue weighted by atomic mass is 9.69. The first kappa shape index (κ1) is 13.9. The average molecular weight is 264 g/mol. The lowest BCUT2D eigenvalue weighted by Crippen LogP contribution is -2.47. The Morgan fingerprint density at radius 3 is 2.58 bits per heavy atom. The molecule has 0 amide bonds. The van der Waals surface area contributed by atoms with Gasteiger partial charge in [0.15, 0.2) is 0 Å². The monoisotopic (exact) mass is 264 g/mol. The number of hydrogen-bond acceptors (Lipinski definition) is 2. The molecule has 0 bridgehead atoms. The highest BCUT2D eigenvalue weighted by atomic mass is 15.2. The molecule has 0 radical (unpaired) electrons. The fourth-order valence-corrected chi connectivity index (χ4v) is 4.44. The largest absolute Gasteiger partial charge is 0.313 e. The third-order valence-electron chi connectivity index (χ3n) is 5.76. The fourth-order valence-electron chi connectivity index (χ4n) is 4.44. The van der Waals surface area contributed by atoms with Gasteiger partial charge in [0.1, 0.15) is 0 Å². The third-order valence-corrected chi connectivity index (χ3v) is 5.76. The molecule has 1 aliphatic heterocycles. The molecule has 1 saturated heterocycles. The number of hydrogen-bond donors (Lipinski definition) is 1. The SMILES string of the molecule is CC1CCCC(CNC2CC2)(CN2CCCC2C)C1. The highest BCUT2D eigenvalue weighted by molar-refractivity contribution is 4.94. The molecule has 2 aliphatic carbocycles. The van der Waals surface area contributed by atoms with Gasteiger partial charge in [-0.3, -0.25) is 0 Å². The van der Waals surface area contributed by atoms with Crippen molar-refractivity contribution in [2.45, 2.75) is 77.3 Å². The predicted molar refractivity (Wildman–Crippen MR) is 81.4 cm³/mol. The van der Waals surface area contributed by atoms with E-state index in [1.165, 1.54) is 71.0 Å². The molecule has 110 valence electrons. The van der Waals surface area contributed by atoms with Gasteiger partial charge >= 0.3 is 0 Å². The lowest BCUT2D eigenvalue weighted by Gasteiger charge is -2.44. The van der Waals surface area contributed by atoms with Gasteiger partial charge in [0.25, 0.3) is 0 Å². The molecule has 3 fully saturated rings. The molecule has 0 aromatic rings. The zero-order valence-corrected chi connectivity index (χ0v) is 13.0. The number of rotatable bonds is 5. The molecule has 3 unspecified atom stereocenters. The molecular weight excluding hydrogens is 232 g/mol. The van der Waals surface area contributed by atoms with Crippen LogP contribution in [0.1, 0.15) is 65.2 Å². The molecule has 0 spiro atoms. The first-order valence-corrected chi connectivity index (χ1v) is 8.64. The first-order chi connectivity index (χ1) is 9.17. The van der Waals surface area contributed by atoms with E-state index < -0.39 is 0 Å². The minimum Gasteiger partial charge on any atom is -0.313 e. The lowest BCUT2D eigenvalue weighted by molar-refractivity contribution is 0.0766. The van der Waals surface area contributed by atoms with Gasteiger partial charge in [-0.2, -0.15) is 0 Å². The van der Waals surface area contributed by atoms with E-state index in [1.54, 1.807) is 0 Å². The molecule has 2 nitrogen and oxygen atoms in total. The van der Waals surface area contributed by atoms with Crippen LogP contribution in [0, 0.1) is 11.3 Å². The maximum Gasteiger partial charge on any atom is 0.00684 e. The molecule has 1 N–H and O–H groups in total. The van der Waals surface area contributed by atoms with Crippen molar-refractivity contribution in [2.24, 2.45) is 11.3 Å². The van der Waals surface area contributed by atoms with Crippen molar-refractivity contribution in [3.05, 3.63) is 0 Å². The average Bonchev–Trinajstić information content (AvgIpc) is 3.13. The molecule has 3 atom stereocenters. The van der Waals surface area contributed by atoms with Crippen LogP contribution < -0.4 is 5.32 Å². The van der Waals surface area contributed by atoms with E-state index in [1.807, 2.05) is 0 Å². The molecule has 3 rings (SSSR count). The van der Waals surface area contributed by atoms with E-state index in [0.717, 1.165) is 18.0 Å². The van der Waals surface area contributed by atoms with E-state index in [0.29, 0.717) is 5.41 Å². The van der Waals surface area contributed by atoms with Gasteiger partial charge in [-0.1, -0.05) is 19.8 Å². The Kier molecular flexibility index (Phi) is 4.19. The van der Waals surface area contributed by atoms with E-state index in [4.69, 9.17) is 0 Å². The summed E-state index contributed by atoms with van der Waals surface area (Å²) in [5.74, 6) is 0.938. The van der Waals surface area contributed by atoms with Crippen molar-refractivity contribution < 1.29 is 0 Å². The van der Waals surface area contributed by atoms with Crippen LogP contribution in [0.2, 0.25) is 0 Å². The Bertz CT molecular complexity index is 300. The second-order valence-electron chi connectivity index (χ2n) is 7.82. The van der Waals surface area contributed by atoms with Crippen LogP contribution in [-0.4, -0.2) is 36.6 Å². The molecule has 2 heteroatoms. The van der Waals surface area contributed by atoms with E-state index >= 15 is 0 Å². The normalized spacial score (nSPS) is 40.7. The topological polar surface area (TPSA) is 15.3 Å². The number of nitrogens with zero attached hydrogens (tertiary/aromatic N) is 1. The molecule has 3 aliphatic rings. The van der Waals surface area contributed by atoms with Gasteiger partial charge in [0, 0.05) is 25.2 Å². The zero-order valence-electron chi connectivity index (χ0n) is 13.0. The van der Waals surface area contributed by atoms with Gasteiger partial charge in [0.2, 0.25) is 0 Å². The highest BCUT2D eigenvalue weighted by Gasteiger charge is 2.39. The van der Waals surface area contributed by atoms with Crippen molar-refractivity contribution in [1.82, 2.24) is 10.2 Å². The highest BCUT2D eigenvalue weighted by Crippen LogP contribution is 2.41. The van der Waals surface area contributed by atoms with Crippen molar-refractivity contribution in [2.75, 3.05) is 19.6 Å². The Morgan fingerprint density at radius 1 is 1.11 bits per heavy atom. The third kappa shape index (κ3) is 3.52. The van der Waals surface area contributed by atoms with E-state index in [2.05, 4.69) is 24.1 Å². The van der Waals surface area contributed by atoms with Gasteiger partial charge in [-0.05, 0) is 63.3 Å². The Hall–Kier alpha value is -0.0800. The number of nitrogens with one attached hydrogen (secondary N) is 1.